The van der Waals surface area contributed by atoms with Gasteiger partial charge in [-0.25, -0.2) is 0 Å². The van der Waals surface area contributed by atoms with E-state index in [-0.39, 0.29) is 17.2 Å². The lowest BCUT2D eigenvalue weighted by molar-refractivity contribution is -0.151. The monoisotopic (exact) mass is 250 g/mol. The lowest BCUT2D eigenvalue weighted by Crippen LogP contribution is -2.65. The van der Waals surface area contributed by atoms with Crippen LogP contribution in [0.5, 0.6) is 0 Å². The molecule has 1 saturated heterocycles. The highest BCUT2D eigenvalue weighted by Crippen LogP contribution is 2.25. The van der Waals surface area contributed by atoms with Gasteiger partial charge in [-0.05, 0) is 19.3 Å². The van der Waals surface area contributed by atoms with Crippen molar-refractivity contribution in [2.45, 2.75) is 53.1 Å². The number of carbonyl (C=O) groups excluding carboxylic acids is 2. The number of nitrogens with one attached hydrogen (secondary N) is 1. The second kappa shape index (κ2) is 5.43. The average Bonchev–Trinajstić information content (AvgIpc) is 2.26. The molecule has 0 saturated carbocycles. The zero-order valence-corrected chi connectivity index (χ0v) is 11.8. The molecule has 1 N–H and O–H groups in total. The average molecular weight is 250 g/mol. The molecule has 2 unspecified atom stereocenters. The van der Waals surface area contributed by atoms with Gasteiger partial charge in [-0.2, -0.15) is 0 Å². The summed E-state index contributed by atoms with van der Waals surface area (Å²) in [6.45, 7) is 9.90. The minimum atomic E-state index is -0.448. The number of nitrogens with zero attached hydrogens (tertiary/aromatic N) is 1. The van der Waals surface area contributed by atoms with E-state index in [2.05, 4.69) is 17.2 Å². The van der Waals surface area contributed by atoms with E-state index in [0.717, 1.165) is 0 Å². The standard InChI is InChI=1S/C14H22N2O2/c1-6-7-8-9-16-10(2)12(17)15-11(13(16)18)14(3,4)5/h10-11H,8-9H2,1-5H3,(H,15,17). The van der Waals surface area contributed by atoms with Gasteiger partial charge in [-0.3, -0.25) is 9.59 Å². The SMILES string of the molecule is CC#CCCN1C(=O)C(C(C)(C)C)NC(=O)C1C. The van der Waals surface area contributed by atoms with E-state index in [0.29, 0.717) is 13.0 Å². The smallest absolute Gasteiger partial charge is 0.246 e. The zero-order chi connectivity index (χ0) is 13.9. The van der Waals surface area contributed by atoms with Gasteiger partial charge in [0.15, 0.2) is 0 Å². The Hall–Kier alpha value is -1.50. The number of hydrogen-bond donors (Lipinski definition) is 1. The fourth-order valence-corrected chi connectivity index (χ4v) is 2.01. The molecule has 0 aliphatic carbocycles. The van der Waals surface area contributed by atoms with Gasteiger partial charge in [0.05, 0.1) is 0 Å². The molecular weight excluding hydrogens is 228 g/mol. The molecule has 100 valence electrons. The molecule has 0 radical (unpaired) electrons. The van der Waals surface area contributed by atoms with Crippen molar-refractivity contribution in [1.29, 1.82) is 0 Å². The molecule has 4 nitrogen and oxygen atoms in total. The molecule has 2 atom stereocenters. The molecule has 1 fully saturated rings. The second-order valence-corrected chi connectivity index (χ2v) is 5.69. The first-order valence-corrected chi connectivity index (χ1v) is 6.29. The highest BCUT2D eigenvalue weighted by Gasteiger charge is 2.43. The van der Waals surface area contributed by atoms with E-state index in [1.807, 2.05) is 20.8 Å². The van der Waals surface area contributed by atoms with Crippen molar-refractivity contribution in [2.75, 3.05) is 6.54 Å². The summed E-state index contributed by atoms with van der Waals surface area (Å²) in [7, 11) is 0. The number of piperazine rings is 1. The van der Waals surface area contributed by atoms with Crippen molar-refractivity contribution in [3.8, 4) is 11.8 Å². The highest BCUT2D eigenvalue weighted by atomic mass is 16.2. The molecule has 1 aliphatic rings. The van der Waals surface area contributed by atoms with Crippen LogP contribution in [0.15, 0.2) is 0 Å². The quantitative estimate of drug-likeness (QED) is 0.748. The predicted molar refractivity (Wildman–Crippen MR) is 70.6 cm³/mol. The summed E-state index contributed by atoms with van der Waals surface area (Å²) >= 11 is 0. The van der Waals surface area contributed by atoms with Crippen LogP contribution >= 0.6 is 0 Å². The van der Waals surface area contributed by atoms with E-state index in [9.17, 15) is 9.59 Å². The molecule has 2 amide bonds. The lowest BCUT2D eigenvalue weighted by Gasteiger charge is -2.42. The molecule has 4 heteroatoms. The number of carbonyl (C=O) groups is 2. The van der Waals surface area contributed by atoms with Gasteiger partial charge < -0.3 is 10.2 Å². The third-order valence-corrected chi connectivity index (χ3v) is 3.18. The topological polar surface area (TPSA) is 49.4 Å². The van der Waals surface area contributed by atoms with E-state index >= 15 is 0 Å². The molecule has 1 rings (SSSR count). The second-order valence-electron chi connectivity index (χ2n) is 5.69. The van der Waals surface area contributed by atoms with Crippen LogP contribution in [0.3, 0.4) is 0 Å². The number of hydrogen-bond acceptors (Lipinski definition) is 2. The molecule has 0 spiro atoms. The van der Waals surface area contributed by atoms with E-state index in [1.165, 1.54) is 0 Å². The van der Waals surface area contributed by atoms with Gasteiger partial charge >= 0.3 is 0 Å². The van der Waals surface area contributed by atoms with E-state index < -0.39 is 12.1 Å². The minimum Gasteiger partial charge on any atom is -0.342 e. The first kappa shape index (κ1) is 14.6. The van der Waals surface area contributed by atoms with E-state index in [1.54, 1.807) is 18.7 Å². The molecule has 0 aromatic heterocycles. The Bertz CT molecular complexity index is 398. The third-order valence-electron chi connectivity index (χ3n) is 3.18. The van der Waals surface area contributed by atoms with Crippen LogP contribution in [0, 0.1) is 17.3 Å². The maximum absolute atomic E-state index is 12.4. The first-order valence-electron chi connectivity index (χ1n) is 6.29. The van der Waals surface area contributed by atoms with Gasteiger partial charge in [0.1, 0.15) is 12.1 Å². The fraction of sp³-hybridized carbons (Fsp3) is 0.714. The lowest BCUT2D eigenvalue weighted by atomic mass is 9.84. The maximum Gasteiger partial charge on any atom is 0.246 e. The molecular formula is C14H22N2O2. The molecule has 0 aromatic rings. The highest BCUT2D eigenvalue weighted by molar-refractivity contribution is 5.97. The summed E-state index contributed by atoms with van der Waals surface area (Å²) in [5.74, 6) is 5.64. The van der Waals surface area contributed by atoms with E-state index in [4.69, 9.17) is 0 Å². The van der Waals surface area contributed by atoms with Crippen LogP contribution in [0.4, 0.5) is 0 Å². The fourth-order valence-electron chi connectivity index (χ4n) is 2.01. The summed E-state index contributed by atoms with van der Waals surface area (Å²) < 4.78 is 0. The van der Waals surface area contributed by atoms with Crippen molar-refractivity contribution < 1.29 is 9.59 Å². The van der Waals surface area contributed by atoms with Crippen LogP contribution in [-0.2, 0) is 9.59 Å². The summed E-state index contributed by atoms with van der Waals surface area (Å²) in [5, 5.41) is 2.81. The zero-order valence-electron chi connectivity index (χ0n) is 11.8. The van der Waals surface area contributed by atoms with Crippen LogP contribution < -0.4 is 5.32 Å². The maximum atomic E-state index is 12.4. The first-order chi connectivity index (χ1) is 8.29. The molecule has 0 aromatic carbocycles. The largest absolute Gasteiger partial charge is 0.342 e. The van der Waals surface area contributed by atoms with Crippen molar-refractivity contribution in [1.82, 2.24) is 10.2 Å². The Labute approximate surface area is 109 Å². The molecule has 18 heavy (non-hydrogen) atoms. The Morgan fingerprint density at radius 2 is 1.94 bits per heavy atom. The van der Waals surface area contributed by atoms with Crippen LogP contribution in [0.25, 0.3) is 0 Å². The van der Waals surface area contributed by atoms with Gasteiger partial charge in [-0.15, -0.1) is 11.8 Å². The number of rotatable bonds is 2. The Morgan fingerprint density at radius 1 is 1.33 bits per heavy atom. The van der Waals surface area contributed by atoms with Crippen molar-refractivity contribution in [3.05, 3.63) is 0 Å². The van der Waals surface area contributed by atoms with Gasteiger partial charge in [0.2, 0.25) is 11.8 Å². The third kappa shape index (κ3) is 3.04. The molecule has 1 heterocycles. The predicted octanol–water partition coefficient (Wildman–Crippen LogP) is 1.16. The minimum absolute atomic E-state index is 0.00694. The summed E-state index contributed by atoms with van der Waals surface area (Å²) in [5.41, 5.74) is -0.276. The van der Waals surface area contributed by atoms with Crippen molar-refractivity contribution in [2.24, 2.45) is 5.41 Å². The Balaban J connectivity index is 2.88. The van der Waals surface area contributed by atoms with Crippen molar-refractivity contribution in [3.63, 3.8) is 0 Å². The Kier molecular flexibility index (Phi) is 4.39. The Morgan fingerprint density at radius 3 is 2.44 bits per heavy atom. The van der Waals surface area contributed by atoms with Crippen LogP contribution in [0.2, 0.25) is 0 Å². The number of amides is 2. The van der Waals surface area contributed by atoms with Crippen LogP contribution in [-0.4, -0.2) is 35.3 Å². The summed E-state index contributed by atoms with van der Waals surface area (Å²) in [6, 6.07) is -0.856. The van der Waals surface area contributed by atoms with Crippen molar-refractivity contribution >= 4 is 11.8 Å². The van der Waals surface area contributed by atoms with Gasteiger partial charge in [0.25, 0.3) is 0 Å². The summed E-state index contributed by atoms with van der Waals surface area (Å²) in [6.07, 6.45) is 0.608. The summed E-state index contributed by atoms with van der Waals surface area (Å²) in [4.78, 5) is 25.9. The van der Waals surface area contributed by atoms with Crippen LogP contribution in [0.1, 0.15) is 41.0 Å². The normalized spacial score (nSPS) is 24.4. The van der Waals surface area contributed by atoms with Gasteiger partial charge in [0, 0.05) is 13.0 Å². The molecule has 1 aliphatic heterocycles. The van der Waals surface area contributed by atoms with Gasteiger partial charge in [-0.1, -0.05) is 20.8 Å². The molecule has 0 bridgehead atoms.